The third-order valence-electron chi connectivity index (χ3n) is 3.17. The second-order valence-electron chi connectivity index (χ2n) is 4.34. The molecule has 1 heterocycles. The smallest absolute Gasteiger partial charge is 0.0805 e. The van der Waals surface area contributed by atoms with E-state index in [1.165, 1.54) is 26.4 Å². The van der Waals surface area contributed by atoms with Crippen molar-refractivity contribution in [1.82, 2.24) is 5.43 Å². The normalized spacial score (nSPS) is 12.7. The van der Waals surface area contributed by atoms with Gasteiger partial charge >= 0.3 is 0 Å². The summed E-state index contributed by atoms with van der Waals surface area (Å²) >= 11 is 1.79. The van der Waals surface area contributed by atoms with E-state index in [2.05, 4.69) is 56.5 Å². The lowest BCUT2D eigenvalue weighted by atomic mass is 9.97. The van der Waals surface area contributed by atoms with E-state index in [9.17, 15) is 0 Å². The van der Waals surface area contributed by atoms with Gasteiger partial charge in [-0.3, -0.25) is 5.84 Å². The fraction of sp³-hybridized carbons (Fsp3) is 0.286. The summed E-state index contributed by atoms with van der Waals surface area (Å²) in [6.45, 7) is 6.40. The molecule has 0 aliphatic heterocycles. The van der Waals surface area contributed by atoms with Gasteiger partial charge in [-0.25, -0.2) is 5.43 Å². The van der Waals surface area contributed by atoms with Crippen molar-refractivity contribution in [2.45, 2.75) is 26.8 Å². The van der Waals surface area contributed by atoms with Crippen LogP contribution in [-0.4, -0.2) is 0 Å². The second kappa shape index (κ2) is 5.00. The highest BCUT2D eigenvalue weighted by Gasteiger charge is 2.16. The van der Waals surface area contributed by atoms with Crippen molar-refractivity contribution in [1.29, 1.82) is 0 Å². The van der Waals surface area contributed by atoms with Crippen LogP contribution in [0.2, 0.25) is 0 Å². The Morgan fingerprint density at radius 3 is 2.47 bits per heavy atom. The van der Waals surface area contributed by atoms with Crippen LogP contribution in [0.5, 0.6) is 0 Å². The van der Waals surface area contributed by atoms with E-state index in [0.717, 1.165) is 0 Å². The molecular weight excluding hydrogens is 228 g/mol. The average molecular weight is 246 g/mol. The fourth-order valence-electron chi connectivity index (χ4n) is 2.02. The van der Waals surface area contributed by atoms with Crippen LogP contribution in [0, 0.1) is 20.8 Å². The molecule has 0 amide bonds. The summed E-state index contributed by atoms with van der Waals surface area (Å²) in [4.78, 5) is 2.57. The van der Waals surface area contributed by atoms with Crippen molar-refractivity contribution < 1.29 is 0 Å². The molecule has 2 nitrogen and oxygen atoms in total. The molecule has 3 N–H and O–H groups in total. The van der Waals surface area contributed by atoms with Crippen molar-refractivity contribution in [3.8, 4) is 0 Å². The maximum atomic E-state index is 5.72. The summed E-state index contributed by atoms with van der Waals surface area (Å²) < 4.78 is 0. The Labute approximate surface area is 106 Å². The lowest BCUT2D eigenvalue weighted by Crippen LogP contribution is -2.28. The summed E-state index contributed by atoms with van der Waals surface area (Å²) in [6.07, 6.45) is 0. The van der Waals surface area contributed by atoms with Gasteiger partial charge < -0.3 is 0 Å². The summed E-state index contributed by atoms with van der Waals surface area (Å²) in [5.41, 5.74) is 6.79. The van der Waals surface area contributed by atoms with E-state index in [-0.39, 0.29) is 6.04 Å². The molecule has 90 valence electrons. The maximum Gasteiger partial charge on any atom is 0.0805 e. The van der Waals surface area contributed by atoms with Crippen LogP contribution in [0.3, 0.4) is 0 Å². The Balaban J connectivity index is 2.45. The third kappa shape index (κ3) is 2.41. The van der Waals surface area contributed by atoms with Crippen molar-refractivity contribution in [3.05, 3.63) is 56.8 Å². The van der Waals surface area contributed by atoms with Crippen molar-refractivity contribution in [2.75, 3.05) is 0 Å². The quantitative estimate of drug-likeness (QED) is 0.644. The van der Waals surface area contributed by atoms with Gasteiger partial charge in [0.15, 0.2) is 0 Å². The summed E-state index contributed by atoms with van der Waals surface area (Å²) in [6, 6.07) is 10.7. The highest BCUT2D eigenvalue weighted by atomic mass is 32.1. The lowest BCUT2D eigenvalue weighted by Gasteiger charge is -2.18. The van der Waals surface area contributed by atoms with Crippen molar-refractivity contribution in [2.24, 2.45) is 5.84 Å². The maximum absolute atomic E-state index is 5.72. The van der Waals surface area contributed by atoms with Crippen LogP contribution < -0.4 is 11.3 Å². The zero-order valence-electron chi connectivity index (χ0n) is 10.4. The molecule has 0 saturated heterocycles. The van der Waals surface area contributed by atoms with Gasteiger partial charge in [-0.15, -0.1) is 11.3 Å². The SMILES string of the molecule is Cc1ccc(C(NN)c2cccc(C)c2C)s1. The molecule has 0 aliphatic rings. The molecule has 0 radical (unpaired) electrons. The van der Waals surface area contributed by atoms with Crippen LogP contribution in [0.4, 0.5) is 0 Å². The molecule has 0 bridgehead atoms. The van der Waals surface area contributed by atoms with Gasteiger partial charge in [0, 0.05) is 9.75 Å². The highest BCUT2D eigenvalue weighted by molar-refractivity contribution is 7.12. The number of thiophene rings is 1. The Hall–Kier alpha value is -1.16. The summed E-state index contributed by atoms with van der Waals surface area (Å²) in [5.74, 6) is 5.72. The van der Waals surface area contributed by atoms with Crippen LogP contribution in [0.15, 0.2) is 30.3 Å². The number of nitrogens with two attached hydrogens (primary N) is 1. The minimum absolute atomic E-state index is 0.0913. The molecule has 3 heteroatoms. The largest absolute Gasteiger partial charge is 0.271 e. The second-order valence-corrected chi connectivity index (χ2v) is 5.66. The van der Waals surface area contributed by atoms with Gasteiger partial charge in [0.1, 0.15) is 0 Å². The van der Waals surface area contributed by atoms with E-state index in [1.807, 2.05) is 0 Å². The molecule has 0 saturated carbocycles. The first kappa shape index (κ1) is 12.3. The molecular formula is C14H18N2S. The first-order valence-corrected chi connectivity index (χ1v) is 6.53. The Bertz CT molecular complexity index is 517. The molecule has 2 aromatic rings. The number of rotatable bonds is 3. The van der Waals surface area contributed by atoms with Crippen molar-refractivity contribution >= 4 is 11.3 Å². The standard InChI is InChI=1S/C14H18N2S/c1-9-5-4-6-12(11(9)3)14(16-15)13-8-7-10(2)17-13/h4-8,14,16H,15H2,1-3H3. The molecule has 0 spiro atoms. The highest BCUT2D eigenvalue weighted by Crippen LogP contribution is 2.30. The summed E-state index contributed by atoms with van der Waals surface area (Å²) in [7, 11) is 0. The molecule has 0 aliphatic carbocycles. The van der Waals surface area contributed by atoms with E-state index in [4.69, 9.17) is 5.84 Å². The summed E-state index contributed by atoms with van der Waals surface area (Å²) in [5, 5.41) is 0. The van der Waals surface area contributed by atoms with Crippen LogP contribution in [0.25, 0.3) is 0 Å². The number of aryl methyl sites for hydroxylation is 2. The van der Waals surface area contributed by atoms with Crippen LogP contribution in [0.1, 0.15) is 32.5 Å². The van der Waals surface area contributed by atoms with E-state index in [1.54, 1.807) is 11.3 Å². The first-order chi connectivity index (χ1) is 8.13. The van der Waals surface area contributed by atoms with E-state index < -0.39 is 0 Å². The number of hydrogen-bond donors (Lipinski definition) is 2. The van der Waals surface area contributed by atoms with Crippen LogP contribution in [-0.2, 0) is 0 Å². The molecule has 0 fully saturated rings. The van der Waals surface area contributed by atoms with E-state index in [0.29, 0.717) is 0 Å². The topological polar surface area (TPSA) is 38.0 Å². The minimum atomic E-state index is 0.0913. The molecule has 1 aromatic heterocycles. The zero-order chi connectivity index (χ0) is 12.4. The van der Waals surface area contributed by atoms with Gasteiger partial charge in [-0.05, 0) is 49.6 Å². The Kier molecular flexibility index (Phi) is 3.62. The molecule has 1 aromatic carbocycles. The predicted octanol–water partition coefficient (Wildman–Crippen LogP) is 3.23. The monoisotopic (exact) mass is 246 g/mol. The number of benzene rings is 1. The Morgan fingerprint density at radius 1 is 1.12 bits per heavy atom. The van der Waals surface area contributed by atoms with Gasteiger partial charge in [-0.1, -0.05) is 18.2 Å². The minimum Gasteiger partial charge on any atom is -0.271 e. The third-order valence-corrected chi connectivity index (χ3v) is 4.24. The van der Waals surface area contributed by atoms with Gasteiger partial charge in [0.2, 0.25) is 0 Å². The van der Waals surface area contributed by atoms with Crippen LogP contribution >= 0.6 is 11.3 Å². The number of nitrogens with one attached hydrogen (secondary N) is 1. The fourth-order valence-corrected chi connectivity index (χ4v) is 2.98. The van der Waals surface area contributed by atoms with Gasteiger partial charge in [0.25, 0.3) is 0 Å². The number of hydrazine groups is 1. The Morgan fingerprint density at radius 2 is 1.88 bits per heavy atom. The molecule has 2 rings (SSSR count). The predicted molar refractivity (Wildman–Crippen MR) is 74.1 cm³/mol. The van der Waals surface area contributed by atoms with Gasteiger partial charge in [0.05, 0.1) is 6.04 Å². The van der Waals surface area contributed by atoms with Gasteiger partial charge in [-0.2, -0.15) is 0 Å². The number of hydrogen-bond acceptors (Lipinski definition) is 3. The van der Waals surface area contributed by atoms with Crippen molar-refractivity contribution in [3.63, 3.8) is 0 Å². The molecule has 1 unspecified atom stereocenters. The lowest BCUT2D eigenvalue weighted by molar-refractivity contribution is 0.642. The average Bonchev–Trinajstić information content (AvgIpc) is 2.72. The zero-order valence-corrected chi connectivity index (χ0v) is 11.3. The first-order valence-electron chi connectivity index (χ1n) is 5.72. The van der Waals surface area contributed by atoms with E-state index >= 15 is 0 Å². The molecule has 17 heavy (non-hydrogen) atoms. The molecule has 1 atom stereocenters.